The van der Waals surface area contributed by atoms with Gasteiger partial charge in [0, 0.05) is 23.6 Å². The molecular formula is C23H30F10N2O6S2. The second kappa shape index (κ2) is 16.0. The molecule has 0 aliphatic rings. The number of rotatable bonds is 15. The molecule has 1 aromatic rings. The van der Waals surface area contributed by atoms with Crippen molar-refractivity contribution in [2.75, 3.05) is 6.61 Å². The summed E-state index contributed by atoms with van der Waals surface area (Å²) in [5.41, 5.74) is 1.88. The molecule has 0 aromatic carbocycles. The fourth-order valence-electron chi connectivity index (χ4n) is 2.79. The van der Waals surface area contributed by atoms with Crippen molar-refractivity contribution in [1.29, 1.82) is 0 Å². The molecule has 20 heteroatoms. The standard InChI is InChI=1S/C19H30NO2.C4F10NO4S2/c1-4-5-13-20-14-10-12-18(16-20)11-8-6-7-9-15-22-19(21)17(2)3;5-1(6,7)3(11,12)20(16,17)15-21(18,19)4(13,14)2(8,9)10/h10,12,14,16H,2,4-9,11,13,15H2,1,3H3;/q+1;-1. The van der Waals surface area contributed by atoms with Crippen molar-refractivity contribution < 1.29 is 74.8 Å². The van der Waals surface area contributed by atoms with E-state index in [0.717, 1.165) is 25.8 Å². The first kappa shape index (κ1) is 40.5. The molecule has 250 valence electrons. The highest BCUT2D eigenvalue weighted by atomic mass is 32.3. The zero-order chi connectivity index (χ0) is 33.9. The average molecular weight is 685 g/mol. The summed E-state index contributed by atoms with van der Waals surface area (Å²) in [6.45, 7) is 9.08. The number of carbonyl (C=O) groups is 1. The number of aryl methyl sites for hydroxylation is 2. The molecule has 8 nitrogen and oxygen atoms in total. The van der Waals surface area contributed by atoms with E-state index in [1.165, 1.54) is 31.2 Å². The number of hydrogen-bond donors (Lipinski definition) is 0. The van der Waals surface area contributed by atoms with Gasteiger partial charge in [0.25, 0.3) is 0 Å². The Labute approximate surface area is 242 Å². The van der Waals surface area contributed by atoms with E-state index in [4.69, 9.17) is 4.74 Å². The molecule has 0 saturated heterocycles. The van der Waals surface area contributed by atoms with Crippen LogP contribution < -0.4 is 4.57 Å². The lowest BCUT2D eigenvalue weighted by molar-refractivity contribution is -0.697. The van der Waals surface area contributed by atoms with Crippen molar-refractivity contribution in [3.8, 4) is 0 Å². The van der Waals surface area contributed by atoms with Gasteiger partial charge < -0.3 is 8.86 Å². The molecule has 0 aliphatic carbocycles. The number of unbranched alkanes of at least 4 members (excludes halogenated alkanes) is 4. The SMILES string of the molecule is C=C(C)C(=O)OCCCCCCc1ccc[n+](CCCC)c1.O=S(=O)([N-]S(=O)(=O)C(F)(F)C(F)(F)F)C(F)(F)C(F)(F)F. The zero-order valence-electron chi connectivity index (χ0n) is 22.8. The van der Waals surface area contributed by atoms with Crippen molar-refractivity contribution in [3.05, 3.63) is 46.4 Å². The number of alkyl halides is 10. The van der Waals surface area contributed by atoms with Gasteiger partial charge in [0.15, 0.2) is 32.4 Å². The van der Waals surface area contributed by atoms with E-state index >= 15 is 0 Å². The Morgan fingerprint density at radius 3 is 1.79 bits per heavy atom. The maximum atomic E-state index is 12.3. The second-order valence-corrected chi connectivity index (χ2v) is 12.5. The first-order valence-electron chi connectivity index (χ1n) is 12.3. The molecule has 1 aromatic heterocycles. The van der Waals surface area contributed by atoms with Crippen molar-refractivity contribution >= 4 is 26.0 Å². The van der Waals surface area contributed by atoms with E-state index in [1.807, 2.05) is 0 Å². The van der Waals surface area contributed by atoms with Crippen LogP contribution in [0.3, 0.4) is 0 Å². The molecule has 1 heterocycles. The number of halogens is 10. The summed E-state index contributed by atoms with van der Waals surface area (Å²) < 4.78 is 168. The highest BCUT2D eigenvalue weighted by Gasteiger charge is 2.68. The number of ether oxygens (including phenoxy) is 1. The minimum Gasteiger partial charge on any atom is -0.462 e. The quantitative estimate of drug-likeness (QED) is 0.0703. The summed E-state index contributed by atoms with van der Waals surface area (Å²) in [5.74, 6) is -0.277. The molecule has 0 bridgehead atoms. The van der Waals surface area contributed by atoms with Gasteiger partial charge in [-0.25, -0.2) is 26.2 Å². The van der Waals surface area contributed by atoms with Crippen LogP contribution in [0.15, 0.2) is 36.7 Å². The van der Waals surface area contributed by atoms with Crippen molar-refractivity contribution in [1.82, 2.24) is 0 Å². The molecule has 0 aliphatic heterocycles. The van der Waals surface area contributed by atoms with Crippen LogP contribution in [0.4, 0.5) is 43.9 Å². The third-order valence-electron chi connectivity index (χ3n) is 5.13. The smallest absolute Gasteiger partial charge is 0.462 e. The molecule has 0 unspecified atom stereocenters. The first-order chi connectivity index (χ1) is 19.3. The summed E-state index contributed by atoms with van der Waals surface area (Å²) in [6.07, 6.45) is -1.60. The predicted octanol–water partition coefficient (Wildman–Crippen LogP) is 6.33. The Kier molecular flexibility index (Phi) is 15.1. The number of nitrogens with zero attached hydrogens (tertiary/aromatic N) is 2. The number of esters is 1. The van der Waals surface area contributed by atoms with Crippen LogP contribution in [-0.2, 0) is 42.5 Å². The molecule has 0 amide bonds. The van der Waals surface area contributed by atoms with Crippen LogP contribution in [0.25, 0.3) is 4.13 Å². The van der Waals surface area contributed by atoms with E-state index in [-0.39, 0.29) is 5.97 Å². The molecule has 1 rings (SSSR count). The van der Waals surface area contributed by atoms with E-state index in [2.05, 4.69) is 42.6 Å². The zero-order valence-corrected chi connectivity index (χ0v) is 24.5. The molecule has 0 radical (unpaired) electrons. The van der Waals surface area contributed by atoms with Crippen LogP contribution in [0.5, 0.6) is 0 Å². The Balaban J connectivity index is 0.000000822. The number of pyridine rings is 1. The van der Waals surface area contributed by atoms with Gasteiger partial charge in [-0.05, 0) is 32.3 Å². The highest BCUT2D eigenvalue weighted by molar-refractivity contribution is 8.13. The van der Waals surface area contributed by atoms with Crippen LogP contribution in [0.2, 0.25) is 0 Å². The Bertz CT molecular complexity index is 1230. The van der Waals surface area contributed by atoms with E-state index < -0.39 is 42.9 Å². The predicted molar refractivity (Wildman–Crippen MR) is 133 cm³/mol. The number of carbonyl (C=O) groups excluding carboxylic acids is 1. The summed E-state index contributed by atoms with van der Waals surface area (Å²) in [4.78, 5) is 11.2. The topological polar surface area (TPSA) is 113 Å². The lowest BCUT2D eigenvalue weighted by Gasteiger charge is -2.31. The van der Waals surface area contributed by atoms with Crippen LogP contribution >= 0.6 is 0 Å². The Hall–Kier alpha value is -2.48. The number of sulfonamides is 2. The van der Waals surface area contributed by atoms with Gasteiger partial charge in [-0.2, -0.15) is 43.9 Å². The van der Waals surface area contributed by atoms with Crippen molar-refractivity contribution in [2.24, 2.45) is 0 Å². The molecule has 0 spiro atoms. The lowest BCUT2D eigenvalue weighted by atomic mass is 10.1. The summed E-state index contributed by atoms with van der Waals surface area (Å²) in [5, 5.41) is -14.0. The third-order valence-corrected chi connectivity index (χ3v) is 8.46. The minimum atomic E-state index is -7.62. The third kappa shape index (κ3) is 12.2. The molecule has 0 atom stereocenters. The van der Waals surface area contributed by atoms with Gasteiger partial charge in [-0.15, -0.1) is 0 Å². The number of aromatic nitrogens is 1. The van der Waals surface area contributed by atoms with Crippen LogP contribution in [0, 0.1) is 0 Å². The first-order valence-corrected chi connectivity index (χ1v) is 15.1. The Morgan fingerprint density at radius 2 is 1.35 bits per heavy atom. The summed E-state index contributed by atoms with van der Waals surface area (Å²) >= 11 is 0. The Morgan fingerprint density at radius 1 is 0.860 bits per heavy atom. The summed E-state index contributed by atoms with van der Waals surface area (Å²) in [7, 11) is -15.2. The largest absolute Gasteiger partial charge is 0.467 e. The minimum absolute atomic E-state index is 0.277. The van der Waals surface area contributed by atoms with Gasteiger partial charge >= 0.3 is 28.8 Å². The van der Waals surface area contributed by atoms with Gasteiger partial charge in [-0.1, -0.05) is 32.8 Å². The van der Waals surface area contributed by atoms with Gasteiger partial charge in [0.05, 0.1) is 6.61 Å². The van der Waals surface area contributed by atoms with Gasteiger partial charge in [0.1, 0.15) is 6.54 Å². The van der Waals surface area contributed by atoms with Gasteiger partial charge in [0.2, 0.25) is 0 Å². The molecule has 0 saturated carbocycles. The van der Waals surface area contributed by atoms with Crippen LogP contribution in [-0.4, -0.2) is 52.3 Å². The van der Waals surface area contributed by atoms with E-state index in [0.29, 0.717) is 16.3 Å². The number of hydrogen-bond acceptors (Lipinski definition) is 6. The molecule has 0 N–H and O–H groups in total. The van der Waals surface area contributed by atoms with Crippen molar-refractivity contribution in [3.63, 3.8) is 0 Å². The average Bonchev–Trinajstić information content (AvgIpc) is 2.85. The maximum absolute atomic E-state index is 12.3. The molecule has 0 fully saturated rings. The van der Waals surface area contributed by atoms with Gasteiger partial charge in [-0.3, -0.25) is 0 Å². The van der Waals surface area contributed by atoms with E-state index in [9.17, 15) is 65.5 Å². The fraction of sp³-hybridized carbons (Fsp3) is 0.652. The van der Waals surface area contributed by atoms with Crippen LogP contribution in [0.1, 0.15) is 57.9 Å². The molecule has 43 heavy (non-hydrogen) atoms. The lowest BCUT2D eigenvalue weighted by Crippen LogP contribution is -2.48. The molecular weight excluding hydrogens is 654 g/mol. The monoisotopic (exact) mass is 684 g/mol. The van der Waals surface area contributed by atoms with E-state index in [1.54, 1.807) is 6.92 Å². The second-order valence-electron chi connectivity index (χ2n) is 8.94. The summed E-state index contributed by atoms with van der Waals surface area (Å²) in [6, 6.07) is 4.35. The highest BCUT2D eigenvalue weighted by Crippen LogP contribution is 2.47. The fourth-order valence-corrected chi connectivity index (χ4v) is 5.16. The van der Waals surface area contributed by atoms with Crippen molar-refractivity contribution in [2.45, 2.75) is 88.2 Å². The normalized spacial score (nSPS) is 13.2. The maximum Gasteiger partial charge on any atom is 0.467 e.